The molecule has 1 aliphatic carbocycles. The number of benzene rings is 1. The van der Waals surface area contributed by atoms with Crippen LogP contribution < -0.4 is 25.2 Å². The maximum absolute atomic E-state index is 12.7. The summed E-state index contributed by atoms with van der Waals surface area (Å²) in [6, 6.07) is 8.19. The normalized spacial score (nSPS) is 17.9. The van der Waals surface area contributed by atoms with Crippen molar-refractivity contribution in [1.29, 1.82) is 0 Å². The SMILES string of the molecule is CC(C)(C)NC[C@@H](COc1ccccc1C1CCCC1)OC(=O)Nc1c[n+](N2CCOCC2)no1. The highest BCUT2D eigenvalue weighted by Crippen LogP contribution is 2.38. The van der Waals surface area contributed by atoms with Gasteiger partial charge in [-0.25, -0.2) is 4.79 Å². The molecule has 1 saturated heterocycles. The molecular formula is C25H38N5O5+. The van der Waals surface area contributed by atoms with Crippen LogP contribution in [0.1, 0.15) is 57.9 Å². The third-order valence-electron chi connectivity index (χ3n) is 6.23. The fourth-order valence-electron chi connectivity index (χ4n) is 4.39. The number of carbonyl (C=O) groups is 1. The van der Waals surface area contributed by atoms with Gasteiger partial charge in [0.15, 0.2) is 0 Å². The van der Waals surface area contributed by atoms with Crippen LogP contribution >= 0.6 is 0 Å². The summed E-state index contributed by atoms with van der Waals surface area (Å²) in [6.45, 7) is 9.53. The van der Waals surface area contributed by atoms with Gasteiger partial charge in [-0.1, -0.05) is 31.0 Å². The molecule has 1 aromatic carbocycles. The maximum atomic E-state index is 12.7. The monoisotopic (exact) mass is 488 g/mol. The number of rotatable bonds is 9. The van der Waals surface area contributed by atoms with Crippen LogP contribution in [0.4, 0.5) is 10.7 Å². The van der Waals surface area contributed by atoms with E-state index in [1.165, 1.54) is 31.2 Å². The number of hydrogen-bond donors (Lipinski definition) is 2. The molecule has 1 aliphatic heterocycles. The fraction of sp³-hybridized carbons (Fsp3) is 0.640. The fourth-order valence-corrected chi connectivity index (χ4v) is 4.39. The quantitative estimate of drug-likeness (QED) is 0.520. The van der Waals surface area contributed by atoms with E-state index in [2.05, 4.69) is 48.8 Å². The standard InChI is InChI=1S/C25H37N5O5/c1-25(2,3)26-16-20(18-33-22-11-7-6-10-21(22)19-8-4-5-9-19)34-24(31)27-23-17-30(28-35-23)29-12-14-32-15-13-29/h6-7,10-11,17,19-20,26H,4-5,8-9,12-16,18H2,1-3H3/p+1/t20-/m0/s1. The Morgan fingerprint density at radius 2 is 1.97 bits per heavy atom. The zero-order valence-corrected chi connectivity index (χ0v) is 21.0. The molecular weight excluding hydrogens is 450 g/mol. The average molecular weight is 489 g/mol. The predicted molar refractivity (Wildman–Crippen MR) is 130 cm³/mol. The second kappa shape index (κ2) is 11.7. The van der Waals surface area contributed by atoms with Crippen LogP contribution in [0.15, 0.2) is 35.0 Å². The Bertz CT molecular complexity index is 948. The molecule has 0 spiro atoms. The van der Waals surface area contributed by atoms with E-state index >= 15 is 0 Å². The Balaban J connectivity index is 1.36. The lowest BCUT2D eigenvalue weighted by Crippen LogP contribution is -2.62. The zero-order chi connectivity index (χ0) is 24.7. The molecule has 2 aromatic rings. The summed E-state index contributed by atoms with van der Waals surface area (Å²) in [5.41, 5.74) is 1.11. The summed E-state index contributed by atoms with van der Waals surface area (Å²) in [5, 5.41) is 12.0. The van der Waals surface area contributed by atoms with E-state index in [-0.39, 0.29) is 18.0 Å². The Hall–Kier alpha value is -2.85. The molecule has 1 saturated carbocycles. The van der Waals surface area contributed by atoms with E-state index in [1.807, 2.05) is 17.1 Å². The molecule has 0 unspecified atom stereocenters. The predicted octanol–water partition coefficient (Wildman–Crippen LogP) is 2.97. The van der Waals surface area contributed by atoms with Crippen LogP contribution in [0.25, 0.3) is 0 Å². The van der Waals surface area contributed by atoms with E-state index in [9.17, 15) is 4.79 Å². The number of hydrogen-bond acceptors (Lipinski definition) is 8. The molecule has 0 radical (unpaired) electrons. The van der Waals surface area contributed by atoms with Gasteiger partial charge in [0.2, 0.25) is 5.27 Å². The minimum absolute atomic E-state index is 0.130. The Labute approximate surface area is 206 Å². The van der Waals surface area contributed by atoms with Crippen LogP contribution in [0, 0.1) is 0 Å². The number of nitrogens with zero attached hydrogens (tertiary/aromatic N) is 3. The van der Waals surface area contributed by atoms with E-state index in [0.29, 0.717) is 38.8 Å². The van der Waals surface area contributed by atoms with Crippen LogP contribution in [-0.4, -0.2) is 62.5 Å². The molecule has 0 bridgehead atoms. The maximum Gasteiger partial charge on any atom is 0.414 e. The highest BCUT2D eigenvalue weighted by molar-refractivity contribution is 5.82. The second-order valence-corrected chi connectivity index (χ2v) is 10.2. The molecule has 35 heavy (non-hydrogen) atoms. The van der Waals surface area contributed by atoms with Gasteiger partial charge < -0.3 is 19.5 Å². The molecule has 2 N–H and O–H groups in total. The van der Waals surface area contributed by atoms with Crippen LogP contribution in [-0.2, 0) is 9.47 Å². The summed E-state index contributed by atoms with van der Waals surface area (Å²) in [6.07, 6.45) is 5.39. The summed E-state index contributed by atoms with van der Waals surface area (Å²) < 4.78 is 22.5. The molecule has 1 amide bonds. The number of para-hydroxylation sites is 1. The molecule has 2 fully saturated rings. The molecule has 2 heterocycles. The van der Waals surface area contributed by atoms with E-state index in [4.69, 9.17) is 18.7 Å². The summed E-state index contributed by atoms with van der Waals surface area (Å²) >= 11 is 0. The first-order valence-corrected chi connectivity index (χ1v) is 12.5. The summed E-state index contributed by atoms with van der Waals surface area (Å²) in [5.74, 6) is 1.61. The number of carbonyl (C=O) groups excluding carboxylic acids is 1. The van der Waals surface area contributed by atoms with Gasteiger partial charge in [-0.05, 0) is 51.2 Å². The van der Waals surface area contributed by atoms with Gasteiger partial charge >= 0.3 is 12.0 Å². The number of amides is 1. The number of nitrogens with one attached hydrogen (secondary N) is 2. The average Bonchev–Trinajstić information content (AvgIpc) is 3.54. The van der Waals surface area contributed by atoms with Crippen molar-refractivity contribution in [3.05, 3.63) is 36.0 Å². The van der Waals surface area contributed by atoms with Gasteiger partial charge in [-0.15, -0.1) is 5.01 Å². The lowest BCUT2D eigenvalue weighted by Gasteiger charge is -2.26. The first kappa shape index (κ1) is 25.2. The molecule has 10 nitrogen and oxygen atoms in total. The summed E-state index contributed by atoms with van der Waals surface area (Å²) in [7, 11) is 0. The lowest BCUT2D eigenvalue weighted by atomic mass is 9.97. The Morgan fingerprint density at radius 3 is 2.71 bits per heavy atom. The van der Waals surface area contributed by atoms with Crippen LogP contribution in [0.2, 0.25) is 0 Å². The molecule has 1 atom stereocenters. The molecule has 4 rings (SSSR count). The van der Waals surface area contributed by atoms with Gasteiger partial charge in [0, 0.05) is 12.1 Å². The minimum Gasteiger partial charge on any atom is -0.489 e. The van der Waals surface area contributed by atoms with E-state index in [1.54, 1.807) is 11.0 Å². The molecule has 2 aliphatic rings. The van der Waals surface area contributed by atoms with Gasteiger partial charge in [0.1, 0.15) is 18.5 Å². The topological polar surface area (TPSA) is 102 Å². The van der Waals surface area contributed by atoms with Crippen molar-refractivity contribution < 1.29 is 28.3 Å². The van der Waals surface area contributed by atoms with Crippen molar-refractivity contribution in [2.75, 3.05) is 49.8 Å². The minimum atomic E-state index is -0.622. The van der Waals surface area contributed by atoms with Gasteiger partial charge in [0.25, 0.3) is 6.20 Å². The smallest absolute Gasteiger partial charge is 0.414 e. The lowest BCUT2D eigenvalue weighted by molar-refractivity contribution is -0.759. The van der Waals surface area contributed by atoms with Crippen LogP contribution in [0.3, 0.4) is 0 Å². The van der Waals surface area contributed by atoms with Crippen molar-refractivity contribution in [3.63, 3.8) is 0 Å². The van der Waals surface area contributed by atoms with Crippen molar-refractivity contribution in [3.8, 4) is 5.75 Å². The third kappa shape index (κ3) is 7.57. The largest absolute Gasteiger partial charge is 0.489 e. The van der Waals surface area contributed by atoms with E-state index in [0.717, 1.165) is 5.75 Å². The van der Waals surface area contributed by atoms with Crippen molar-refractivity contribution in [1.82, 2.24) is 10.6 Å². The third-order valence-corrected chi connectivity index (χ3v) is 6.23. The molecule has 1 aromatic heterocycles. The van der Waals surface area contributed by atoms with Crippen molar-refractivity contribution >= 4 is 12.0 Å². The van der Waals surface area contributed by atoms with E-state index < -0.39 is 12.2 Å². The highest BCUT2D eigenvalue weighted by Gasteiger charge is 2.26. The summed E-state index contributed by atoms with van der Waals surface area (Å²) in [4.78, 5) is 14.2. The first-order valence-electron chi connectivity index (χ1n) is 12.5. The Morgan fingerprint density at radius 1 is 1.23 bits per heavy atom. The first-order chi connectivity index (χ1) is 16.9. The van der Waals surface area contributed by atoms with Gasteiger partial charge in [-0.3, -0.25) is 9.84 Å². The number of ether oxygens (including phenoxy) is 3. The highest BCUT2D eigenvalue weighted by atomic mass is 16.6. The molecule has 192 valence electrons. The molecule has 10 heteroatoms. The number of anilines is 1. The van der Waals surface area contributed by atoms with Gasteiger partial charge in [-0.2, -0.15) is 0 Å². The van der Waals surface area contributed by atoms with Crippen LogP contribution in [0.5, 0.6) is 5.75 Å². The number of morpholine rings is 1. The second-order valence-electron chi connectivity index (χ2n) is 10.2. The zero-order valence-electron chi connectivity index (χ0n) is 21.0. The Kier molecular flexibility index (Phi) is 8.46. The van der Waals surface area contributed by atoms with Gasteiger partial charge in [0.05, 0.1) is 31.1 Å². The number of aromatic nitrogens is 2. The van der Waals surface area contributed by atoms with Crippen molar-refractivity contribution in [2.24, 2.45) is 0 Å². The van der Waals surface area contributed by atoms with Crippen molar-refractivity contribution in [2.45, 2.75) is 64.0 Å².